The predicted octanol–water partition coefficient (Wildman–Crippen LogP) is 2.47. The second-order valence-corrected chi connectivity index (χ2v) is 5.32. The fourth-order valence-corrected chi connectivity index (χ4v) is 2.45. The Morgan fingerprint density at radius 2 is 2.26 bits per heavy atom. The van der Waals surface area contributed by atoms with Crippen LogP contribution in [-0.2, 0) is 11.8 Å². The topological polar surface area (TPSA) is 92.9 Å². The predicted molar refractivity (Wildman–Crippen MR) is 87.5 cm³/mol. The smallest absolute Gasteiger partial charge is 0.408 e. The first-order valence-corrected chi connectivity index (χ1v) is 7.13. The van der Waals surface area contributed by atoms with E-state index in [9.17, 15) is 9.59 Å². The third kappa shape index (κ3) is 3.04. The van der Waals surface area contributed by atoms with Gasteiger partial charge < -0.3 is 9.73 Å². The molecule has 0 fully saturated rings. The lowest BCUT2D eigenvalue weighted by Gasteiger charge is -2.01. The minimum atomic E-state index is -0.537. The van der Waals surface area contributed by atoms with E-state index in [0.29, 0.717) is 27.5 Å². The highest BCUT2D eigenvalue weighted by atomic mass is 35.5. The molecule has 0 aliphatic carbocycles. The zero-order valence-corrected chi connectivity index (χ0v) is 13.1. The van der Waals surface area contributed by atoms with Crippen LogP contribution in [0.2, 0.25) is 5.15 Å². The number of aromatic nitrogens is 3. The SMILES string of the molecule is Cc1nn(C)c(Cl)c1/C=C/C(=O)Nc1ccc2oc(=O)[nH]c2c1. The molecule has 0 atom stereocenters. The number of fused-ring (bicyclic) bond motifs is 1. The van der Waals surface area contributed by atoms with Gasteiger partial charge in [0.25, 0.3) is 0 Å². The van der Waals surface area contributed by atoms with Crippen LogP contribution >= 0.6 is 11.6 Å². The zero-order chi connectivity index (χ0) is 16.6. The van der Waals surface area contributed by atoms with Crippen molar-refractivity contribution >= 4 is 40.4 Å². The molecule has 0 radical (unpaired) electrons. The number of hydrogen-bond donors (Lipinski definition) is 2. The standard InChI is InChI=1S/C15H13ClN4O3/c1-8-10(14(16)20(2)19-8)4-6-13(21)17-9-3-5-12-11(7-9)18-15(22)23-12/h3-7H,1-2H3,(H,17,21)(H,18,22)/b6-4+. The van der Waals surface area contributed by atoms with Gasteiger partial charge >= 0.3 is 5.76 Å². The number of carbonyl (C=O) groups is 1. The third-order valence-electron chi connectivity index (χ3n) is 3.28. The Bertz CT molecular complexity index is 980. The van der Waals surface area contributed by atoms with Gasteiger partial charge in [-0.1, -0.05) is 11.6 Å². The summed E-state index contributed by atoms with van der Waals surface area (Å²) in [7, 11) is 1.73. The van der Waals surface area contributed by atoms with Gasteiger partial charge in [0.05, 0.1) is 11.2 Å². The molecule has 0 spiro atoms. The van der Waals surface area contributed by atoms with Crippen molar-refractivity contribution in [2.45, 2.75) is 6.92 Å². The summed E-state index contributed by atoms with van der Waals surface area (Å²) < 4.78 is 6.44. The van der Waals surface area contributed by atoms with Gasteiger partial charge in [-0.05, 0) is 31.2 Å². The van der Waals surface area contributed by atoms with Crippen LogP contribution in [0.5, 0.6) is 0 Å². The fraction of sp³-hybridized carbons (Fsp3) is 0.133. The lowest BCUT2D eigenvalue weighted by atomic mass is 10.2. The molecular formula is C15H13ClN4O3. The summed E-state index contributed by atoms with van der Waals surface area (Å²) in [6.07, 6.45) is 2.98. The van der Waals surface area contributed by atoms with Crippen molar-refractivity contribution in [3.63, 3.8) is 0 Å². The number of amides is 1. The summed E-state index contributed by atoms with van der Waals surface area (Å²) in [5.41, 5.74) is 2.92. The zero-order valence-electron chi connectivity index (χ0n) is 12.4. The summed E-state index contributed by atoms with van der Waals surface area (Å²) in [5.74, 6) is -0.862. The van der Waals surface area contributed by atoms with E-state index < -0.39 is 5.76 Å². The fourth-order valence-electron chi connectivity index (χ4n) is 2.21. The monoisotopic (exact) mass is 332 g/mol. The van der Waals surface area contributed by atoms with Crippen LogP contribution in [-0.4, -0.2) is 20.7 Å². The number of hydrogen-bond acceptors (Lipinski definition) is 4. The average Bonchev–Trinajstić information content (AvgIpc) is 2.96. The maximum Gasteiger partial charge on any atom is 0.417 e. The van der Waals surface area contributed by atoms with Crippen LogP contribution in [0.25, 0.3) is 17.2 Å². The molecule has 1 aromatic carbocycles. The van der Waals surface area contributed by atoms with E-state index in [-0.39, 0.29) is 5.91 Å². The molecule has 0 unspecified atom stereocenters. The van der Waals surface area contributed by atoms with Gasteiger partial charge in [-0.3, -0.25) is 14.5 Å². The van der Waals surface area contributed by atoms with Crippen molar-refractivity contribution < 1.29 is 9.21 Å². The summed E-state index contributed by atoms with van der Waals surface area (Å²) in [4.78, 5) is 25.6. The van der Waals surface area contributed by atoms with Gasteiger partial charge in [0.1, 0.15) is 5.15 Å². The van der Waals surface area contributed by atoms with Crippen molar-refractivity contribution in [1.82, 2.24) is 14.8 Å². The lowest BCUT2D eigenvalue weighted by Crippen LogP contribution is -2.07. The normalized spacial score (nSPS) is 11.4. The van der Waals surface area contributed by atoms with E-state index in [2.05, 4.69) is 15.4 Å². The Morgan fingerprint density at radius 3 is 2.96 bits per heavy atom. The van der Waals surface area contributed by atoms with Crippen molar-refractivity contribution in [2.24, 2.45) is 7.05 Å². The summed E-state index contributed by atoms with van der Waals surface area (Å²) in [5, 5.41) is 7.33. The van der Waals surface area contributed by atoms with E-state index in [1.807, 2.05) is 6.92 Å². The molecule has 1 amide bonds. The van der Waals surface area contributed by atoms with Crippen LogP contribution in [0.1, 0.15) is 11.3 Å². The number of aromatic amines is 1. The Morgan fingerprint density at radius 1 is 1.48 bits per heavy atom. The van der Waals surface area contributed by atoms with E-state index in [1.54, 1.807) is 31.3 Å². The number of aryl methyl sites for hydroxylation is 2. The summed E-state index contributed by atoms with van der Waals surface area (Å²) >= 11 is 6.10. The van der Waals surface area contributed by atoms with Gasteiger partial charge in [-0.2, -0.15) is 5.10 Å². The molecule has 0 saturated heterocycles. The maximum atomic E-state index is 12.0. The first-order valence-electron chi connectivity index (χ1n) is 6.75. The summed E-state index contributed by atoms with van der Waals surface area (Å²) in [6, 6.07) is 4.87. The van der Waals surface area contributed by atoms with Crippen molar-refractivity contribution in [2.75, 3.05) is 5.32 Å². The highest BCUT2D eigenvalue weighted by molar-refractivity contribution is 6.31. The number of benzene rings is 1. The van der Waals surface area contributed by atoms with Crippen LogP contribution in [0.3, 0.4) is 0 Å². The second-order valence-electron chi connectivity index (χ2n) is 4.96. The average molecular weight is 333 g/mol. The molecule has 0 aliphatic rings. The van der Waals surface area contributed by atoms with Gasteiger partial charge in [0.15, 0.2) is 5.58 Å². The Balaban J connectivity index is 1.77. The molecule has 2 N–H and O–H groups in total. The molecule has 7 nitrogen and oxygen atoms in total. The van der Waals surface area contributed by atoms with E-state index in [4.69, 9.17) is 16.0 Å². The largest absolute Gasteiger partial charge is 0.417 e. The quantitative estimate of drug-likeness (QED) is 0.720. The van der Waals surface area contributed by atoms with Gasteiger partial charge in [-0.15, -0.1) is 0 Å². The molecule has 0 saturated carbocycles. The number of anilines is 1. The van der Waals surface area contributed by atoms with Crippen molar-refractivity contribution in [3.05, 3.63) is 51.2 Å². The molecular weight excluding hydrogens is 320 g/mol. The van der Waals surface area contributed by atoms with Gasteiger partial charge in [0, 0.05) is 24.4 Å². The molecule has 2 aromatic heterocycles. The second kappa shape index (κ2) is 5.77. The third-order valence-corrected chi connectivity index (χ3v) is 3.73. The first-order chi connectivity index (χ1) is 10.9. The molecule has 0 aliphatic heterocycles. The number of oxazole rings is 1. The minimum Gasteiger partial charge on any atom is -0.408 e. The number of nitrogens with one attached hydrogen (secondary N) is 2. The van der Waals surface area contributed by atoms with Gasteiger partial charge in [-0.25, -0.2) is 4.79 Å². The maximum absolute atomic E-state index is 12.0. The van der Waals surface area contributed by atoms with Crippen LogP contribution in [0.15, 0.2) is 33.5 Å². The van der Waals surface area contributed by atoms with Crippen molar-refractivity contribution in [1.29, 1.82) is 0 Å². The Labute approximate surface area is 135 Å². The molecule has 3 rings (SSSR count). The number of halogens is 1. The van der Waals surface area contributed by atoms with Gasteiger partial charge in [0.2, 0.25) is 5.91 Å². The molecule has 8 heteroatoms. The summed E-state index contributed by atoms with van der Waals surface area (Å²) in [6.45, 7) is 1.81. The van der Waals surface area contributed by atoms with Crippen LogP contribution < -0.4 is 11.1 Å². The minimum absolute atomic E-state index is 0.325. The molecule has 118 valence electrons. The number of carbonyl (C=O) groups excluding carboxylic acids is 1. The molecule has 3 aromatic rings. The Hall–Kier alpha value is -2.80. The molecule has 0 bridgehead atoms. The van der Waals surface area contributed by atoms with E-state index in [1.165, 1.54) is 10.8 Å². The number of rotatable bonds is 3. The molecule has 2 heterocycles. The molecule has 23 heavy (non-hydrogen) atoms. The lowest BCUT2D eigenvalue weighted by molar-refractivity contribution is -0.111. The van der Waals surface area contributed by atoms with E-state index >= 15 is 0 Å². The highest BCUT2D eigenvalue weighted by Crippen LogP contribution is 2.20. The number of nitrogens with zero attached hydrogens (tertiary/aromatic N) is 2. The van der Waals surface area contributed by atoms with Crippen LogP contribution in [0, 0.1) is 6.92 Å². The number of H-pyrrole nitrogens is 1. The van der Waals surface area contributed by atoms with Crippen LogP contribution in [0.4, 0.5) is 5.69 Å². The highest BCUT2D eigenvalue weighted by Gasteiger charge is 2.09. The Kier molecular flexibility index (Phi) is 3.79. The first kappa shape index (κ1) is 15.1. The van der Waals surface area contributed by atoms with Crippen molar-refractivity contribution in [3.8, 4) is 0 Å². The van der Waals surface area contributed by atoms with E-state index in [0.717, 1.165) is 5.69 Å².